The molecule has 21 heavy (non-hydrogen) atoms. The Morgan fingerprint density at radius 3 is 2.19 bits per heavy atom. The number of carbonyl (C=O) groups is 2. The van der Waals surface area contributed by atoms with Crippen molar-refractivity contribution >= 4 is 11.8 Å². The Bertz CT molecular complexity index is 469. The molecule has 0 heterocycles. The zero-order chi connectivity index (χ0) is 15.8. The van der Waals surface area contributed by atoms with E-state index in [9.17, 15) is 9.59 Å². The number of hydrogen-bond donors (Lipinski definition) is 3. The smallest absolute Gasteiger partial charge is 0.252 e. The topological polar surface area (TPSA) is 70.2 Å². The molecular weight excluding hydrogens is 266 g/mol. The number of carbonyl (C=O) groups excluding carboxylic acids is 2. The number of hydrazine groups is 1. The van der Waals surface area contributed by atoms with Crippen molar-refractivity contribution < 1.29 is 9.59 Å². The van der Waals surface area contributed by atoms with Crippen molar-refractivity contribution in [1.82, 2.24) is 16.2 Å². The average molecular weight is 291 g/mol. The number of aryl methyl sites for hydroxylation is 1. The summed E-state index contributed by atoms with van der Waals surface area (Å²) in [7, 11) is 0. The highest BCUT2D eigenvalue weighted by atomic mass is 16.2. The Hall–Kier alpha value is -1.88. The lowest BCUT2D eigenvalue weighted by Crippen LogP contribution is -2.45. The minimum Gasteiger partial charge on any atom is -0.301 e. The lowest BCUT2D eigenvalue weighted by Gasteiger charge is -2.23. The Morgan fingerprint density at radius 2 is 1.71 bits per heavy atom. The minimum atomic E-state index is -0.293. The van der Waals surface area contributed by atoms with Crippen molar-refractivity contribution in [2.24, 2.45) is 5.92 Å². The third kappa shape index (κ3) is 5.95. The fourth-order valence-corrected chi connectivity index (χ4v) is 2.10. The molecule has 0 aliphatic heterocycles. The molecule has 3 N–H and O–H groups in total. The van der Waals surface area contributed by atoms with Crippen LogP contribution in [-0.2, 0) is 16.0 Å². The molecule has 0 aliphatic rings. The summed E-state index contributed by atoms with van der Waals surface area (Å²) in [5, 5.41) is 3.23. The van der Waals surface area contributed by atoms with Crippen molar-refractivity contribution in [3.8, 4) is 0 Å². The SMILES string of the molecule is CCc1ccc([C@H](NCC(=O)NNC(C)=O)C(C)C)cc1. The molecule has 0 saturated heterocycles. The van der Waals surface area contributed by atoms with Crippen LogP contribution in [0.1, 0.15) is 44.9 Å². The molecule has 1 rings (SSSR count). The van der Waals surface area contributed by atoms with E-state index < -0.39 is 0 Å². The summed E-state index contributed by atoms with van der Waals surface area (Å²) in [6.45, 7) is 7.84. The average Bonchev–Trinajstić information content (AvgIpc) is 2.45. The summed E-state index contributed by atoms with van der Waals surface area (Å²) in [5.41, 5.74) is 7.08. The third-order valence-electron chi connectivity index (χ3n) is 3.27. The normalized spacial score (nSPS) is 12.0. The van der Waals surface area contributed by atoms with Crippen molar-refractivity contribution in [2.45, 2.75) is 40.2 Å². The fraction of sp³-hybridized carbons (Fsp3) is 0.500. The molecule has 1 aromatic carbocycles. The van der Waals surface area contributed by atoms with E-state index in [4.69, 9.17) is 0 Å². The minimum absolute atomic E-state index is 0.0963. The molecule has 0 aromatic heterocycles. The largest absolute Gasteiger partial charge is 0.301 e. The van der Waals surface area contributed by atoms with Gasteiger partial charge in [0.15, 0.2) is 0 Å². The summed E-state index contributed by atoms with van der Waals surface area (Å²) in [4.78, 5) is 22.3. The molecule has 1 aromatic rings. The Morgan fingerprint density at radius 1 is 1.10 bits per heavy atom. The monoisotopic (exact) mass is 291 g/mol. The van der Waals surface area contributed by atoms with E-state index in [1.165, 1.54) is 12.5 Å². The van der Waals surface area contributed by atoms with Crippen LogP contribution < -0.4 is 16.2 Å². The Labute approximate surface area is 126 Å². The lowest BCUT2D eigenvalue weighted by atomic mass is 9.95. The first kappa shape index (κ1) is 17.2. The number of benzene rings is 1. The van der Waals surface area contributed by atoms with E-state index in [2.05, 4.69) is 61.2 Å². The van der Waals surface area contributed by atoms with Gasteiger partial charge in [-0.15, -0.1) is 0 Å². The van der Waals surface area contributed by atoms with Gasteiger partial charge in [0, 0.05) is 13.0 Å². The van der Waals surface area contributed by atoms with Crippen molar-refractivity contribution in [1.29, 1.82) is 0 Å². The number of rotatable bonds is 6. The summed E-state index contributed by atoms with van der Waals surface area (Å²) >= 11 is 0. The Kier molecular flexibility index (Phi) is 6.88. The zero-order valence-electron chi connectivity index (χ0n) is 13.2. The van der Waals surface area contributed by atoms with Crippen LogP contribution in [0.4, 0.5) is 0 Å². The van der Waals surface area contributed by atoms with Crippen LogP contribution in [0.25, 0.3) is 0 Å². The third-order valence-corrected chi connectivity index (χ3v) is 3.27. The second kappa shape index (κ2) is 8.42. The first-order chi connectivity index (χ1) is 9.93. The molecule has 0 aliphatic carbocycles. The molecule has 0 bridgehead atoms. The molecule has 0 unspecified atom stereocenters. The van der Waals surface area contributed by atoms with Gasteiger partial charge in [0.05, 0.1) is 6.54 Å². The highest BCUT2D eigenvalue weighted by Crippen LogP contribution is 2.21. The maximum Gasteiger partial charge on any atom is 0.252 e. The van der Waals surface area contributed by atoms with Crippen LogP contribution in [0.3, 0.4) is 0 Å². The molecule has 5 nitrogen and oxygen atoms in total. The van der Waals surface area contributed by atoms with Crippen molar-refractivity contribution in [2.75, 3.05) is 6.54 Å². The van der Waals surface area contributed by atoms with Gasteiger partial charge in [0.1, 0.15) is 0 Å². The van der Waals surface area contributed by atoms with Crippen LogP contribution in [0.2, 0.25) is 0 Å². The second-order valence-corrected chi connectivity index (χ2v) is 5.43. The molecule has 0 spiro atoms. The Balaban J connectivity index is 2.61. The van der Waals surface area contributed by atoms with Gasteiger partial charge in [0.2, 0.25) is 5.91 Å². The quantitative estimate of drug-likeness (QED) is 0.699. The predicted molar refractivity (Wildman–Crippen MR) is 83.4 cm³/mol. The first-order valence-electron chi connectivity index (χ1n) is 7.31. The maximum absolute atomic E-state index is 11.6. The molecular formula is C16H25N3O2. The summed E-state index contributed by atoms with van der Waals surface area (Å²) < 4.78 is 0. The highest BCUT2D eigenvalue weighted by Gasteiger charge is 2.16. The fourth-order valence-electron chi connectivity index (χ4n) is 2.10. The molecule has 2 amide bonds. The van der Waals surface area contributed by atoms with Gasteiger partial charge in [-0.1, -0.05) is 45.0 Å². The lowest BCUT2D eigenvalue weighted by molar-refractivity contribution is -0.127. The van der Waals surface area contributed by atoms with Crippen LogP contribution in [0, 0.1) is 5.92 Å². The van der Waals surface area contributed by atoms with Crippen molar-refractivity contribution in [3.63, 3.8) is 0 Å². The molecule has 5 heteroatoms. The van der Waals surface area contributed by atoms with E-state index in [-0.39, 0.29) is 24.4 Å². The van der Waals surface area contributed by atoms with Crippen molar-refractivity contribution in [3.05, 3.63) is 35.4 Å². The van der Waals surface area contributed by atoms with Gasteiger partial charge < -0.3 is 5.32 Å². The second-order valence-electron chi connectivity index (χ2n) is 5.43. The molecule has 1 atom stereocenters. The molecule has 0 fully saturated rings. The van der Waals surface area contributed by atoms with Gasteiger partial charge in [-0.05, 0) is 23.5 Å². The van der Waals surface area contributed by atoms with E-state index in [0.29, 0.717) is 5.92 Å². The van der Waals surface area contributed by atoms with E-state index >= 15 is 0 Å². The van der Waals surface area contributed by atoms with Crippen LogP contribution in [-0.4, -0.2) is 18.4 Å². The van der Waals surface area contributed by atoms with E-state index in [1.807, 2.05) is 0 Å². The van der Waals surface area contributed by atoms with Gasteiger partial charge in [-0.25, -0.2) is 0 Å². The van der Waals surface area contributed by atoms with Crippen LogP contribution in [0.5, 0.6) is 0 Å². The highest BCUT2D eigenvalue weighted by molar-refractivity contribution is 5.81. The van der Waals surface area contributed by atoms with Crippen LogP contribution in [0.15, 0.2) is 24.3 Å². The summed E-state index contributed by atoms with van der Waals surface area (Å²) in [6, 6.07) is 8.52. The summed E-state index contributed by atoms with van der Waals surface area (Å²) in [6.07, 6.45) is 1.01. The number of amides is 2. The summed E-state index contributed by atoms with van der Waals surface area (Å²) in [5.74, 6) is -0.203. The van der Waals surface area contributed by atoms with Gasteiger partial charge in [-0.2, -0.15) is 0 Å². The number of nitrogens with one attached hydrogen (secondary N) is 3. The molecule has 116 valence electrons. The van der Waals surface area contributed by atoms with Gasteiger partial charge in [0.25, 0.3) is 5.91 Å². The number of hydrogen-bond acceptors (Lipinski definition) is 3. The van der Waals surface area contributed by atoms with E-state index in [0.717, 1.165) is 12.0 Å². The van der Waals surface area contributed by atoms with E-state index in [1.54, 1.807) is 0 Å². The first-order valence-corrected chi connectivity index (χ1v) is 7.31. The van der Waals surface area contributed by atoms with Gasteiger partial charge in [-0.3, -0.25) is 20.4 Å². The van der Waals surface area contributed by atoms with Crippen LogP contribution >= 0.6 is 0 Å². The molecule has 0 saturated carbocycles. The zero-order valence-corrected chi connectivity index (χ0v) is 13.2. The predicted octanol–water partition coefficient (Wildman–Crippen LogP) is 1.70. The maximum atomic E-state index is 11.6. The molecule has 0 radical (unpaired) electrons. The van der Waals surface area contributed by atoms with Gasteiger partial charge >= 0.3 is 0 Å². The standard InChI is InChI=1S/C16H25N3O2/c1-5-13-6-8-14(9-7-13)16(11(2)3)17-10-15(21)19-18-12(4)20/h6-9,11,16-17H,5,10H2,1-4H3,(H,18,20)(H,19,21)/t16-/m1/s1.